The van der Waals surface area contributed by atoms with E-state index in [0.717, 1.165) is 11.6 Å². The van der Waals surface area contributed by atoms with Gasteiger partial charge in [0, 0.05) is 11.6 Å². The lowest BCUT2D eigenvalue weighted by Gasteiger charge is -1.99. The first-order valence-corrected chi connectivity index (χ1v) is 7.17. The number of carbonyl (C=O) groups excluding carboxylic acids is 2. The third-order valence-corrected chi connectivity index (χ3v) is 3.17. The quantitative estimate of drug-likeness (QED) is 0.561. The van der Waals surface area contributed by atoms with Crippen LogP contribution in [0, 0.1) is 0 Å². The highest BCUT2D eigenvalue weighted by Crippen LogP contribution is 2.23. The molecule has 2 aromatic carbocycles. The number of benzene rings is 2. The Balaban J connectivity index is 1.92. The van der Waals surface area contributed by atoms with Gasteiger partial charge in [0.1, 0.15) is 17.2 Å². The smallest absolute Gasteiger partial charge is 0.163 e. The average molecular weight is 324 g/mol. The van der Waals surface area contributed by atoms with Gasteiger partial charge >= 0.3 is 0 Å². The van der Waals surface area contributed by atoms with Crippen molar-refractivity contribution in [3.63, 3.8) is 0 Å². The van der Waals surface area contributed by atoms with Gasteiger partial charge in [0.05, 0.1) is 6.42 Å². The maximum Gasteiger partial charge on any atom is 0.163 e. The topological polar surface area (TPSA) is 94.8 Å². The maximum absolute atomic E-state index is 11.8. The predicted octanol–water partition coefficient (Wildman–Crippen LogP) is 3.06. The number of phenolic OH excluding ortho intramolecular Hbond substituents is 3. The molecule has 0 heterocycles. The summed E-state index contributed by atoms with van der Waals surface area (Å²) in [5.41, 5.74) is 1.10. The monoisotopic (exact) mass is 324 g/mol. The first kappa shape index (κ1) is 17.0. The maximum atomic E-state index is 11.8. The van der Waals surface area contributed by atoms with Gasteiger partial charge in [0.25, 0.3) is 0 Å². The van der Waals surface area contributed by atoms with Crippen molar-refractivity contribution in [3.8, 4) is 17.2 Å². The van der Waals surface area contributed by atoms with E-state index in [1.165, 1.54) is 42.5 Å². The van der Waals surface area contributed by atoms with Crippen LogP contribution < -0.4 is 0 Å². The minimum atomic E-state index is -0.400. The van der Waals surface area contributed by atoms with Crippen molar-refractivity contribution in [2.24, 2.45) is 0 Å². The number of allylic oxidation sites excluding steroid dienone is 2. The van der Waals surface area contributed by atoms with Gasteiger partial charge in [-0.25, -0.2) is 0 Å². The highest BCUT2D eigenvalue weighted by atomic mass is 16.3. The summed E-state index contributed by atoms with van der Waals surface area (Å²) in [7, 11) is 0. The van der Waals surface area contributed by atoms with Crippen LogP contribution in [0.5, 0.6) is 17.2 Å². The summed E-state index contributed by atoms with van der Waals surface area (Å²) < 4.78 is 0. The Morgan fingerprint density at radius 2 is 1.38 bits per heavy atom. The molecular formula is C19H16O5. The molecule has 2 rings (SSSR count). The zero-order valence-electron chi connectivity index (χ0n) is 12.7. The van der Waals surface area contributed by atoms with Gasteiger partial charge in [-0.3, -0.25) is 9.59 Å². The molecule has 0 bridgehead atoms. The molecule has 3 N–H and O–H groups in total. The highest BCUT2D eigenvalue weighted by Gasteiger charge is 2.05. The Labute approximate surface area is 138 Å². The molecule has 0 aromatic heterocycles. The van der Waals surface area contributed by atoms with Crippen molar-refractivity contribution in [1.82, 2.24) is 0 Å². The molecule has 0 aliphatic rings. The predicted molar refractivity (Wildman–Crippen MR) is 90.6 cm³/mol. The van der Waals surface area contributed by atoms with E-state index in [4.69, 9.17) is 5.11 Å². The molecule has 0 saturated heterocycles. The number of ketones is 2. The minimum Gasteiger partial charge on any atom is -0.508 e. The van der Waals surface area contributed by atoms with E-state index in [1.807, 2.05) is 0 Å². The van der Waals surface area contributed by atoms with Crippen LogP contribution in [0.25, 0.3) is 12.2 Å². The third-order valence-electron chi connectivity index (χ3n) is 3.17. The molecule has 5 heteroatoms. The second kappa shape index (κ2) is 7.78. The van der Waals surface area contributed by atoms with Gasteiger partial charge < -0.3 is 15.3 Å². The molecule has 0 atom stereocenters. The lowest BCUT2D eigenvalue weighted by Crippen LogP contribution is -2.01. The third kappa shape index (κ3) is 5.14. The van der Waals surface area contributed by atoms with Crippen LogP contribution in [-0.4, -0.2) is 26.9 Å². The molecule has 0 unspecified atom stereocenters. The summed E-state index contributed by atoms with van der Waals surface area (Å²) in [4.78, 5) is 23.5. The highest BCUT2D eigenvalue weighted by molar-refractivity contribution is 6.10. The molecule has 0 aliphatic carbocycles. The van der Waals surface area contributed by atoms with Crippen molar-refractivity contribution in [1.29, 1.82) is 0 Å². The average Bonchev–Trinajstić information content (AvgIpc) is 2.53. The van der Waals surface area contributed by atoms with E-state index in [-0.39, 0.29) is 29.5 Å². The van der Waals surface area contributed by atoms with Crippen molar-refractivity contribution in [2.75, 3.05) is 0 Å². The lowest BCUT2D eigenvalue weighted by molar-refractivity contribution is -0.121. The molecule has 2 aromatic rings. The fourth-order valence-corrected chi connectivity index (χ4v) is 1.92. The van der Waals surface area contributed by atoms with Crippen molar-refractivity contribution in [2.45, 2.75) is 6.42 Å². The first-order chi connectivity index (χ1) is 11.4. The van der Waals surface area contributed by atoms with Gasteiger partial charge in [0.2, 0.25) is 0 Å². The van der Waals surface area contributed by atoms with Crippen LogP contribution in [0.2, 0.25) is 0 Å². The van der Waals surface area contributed by atoms with Crippen LogP contribution in [0.3, 0.4) is 0 Å². The van der Waals surface area contributed by atoms with E-state index in [0.29, 0.717) is 5.56 Å². The zero-order chi connectivity index (χ0) is 17.5. The van der Waals surface area contributed by atoms with Crippen LogP contribution in [0.15, 0.2) is 54.6 Å². The van der Waals surface area contributed by atoms with Gasteiger partial charge in [-0.15, -0.1) is 0 Å². The minimum absolute atomic E-state index is 0.0782. The summed E-state index contributed by atoms with van der Waals surface area (Å²) in [6.45, 7) is 0. The van der Waals surface area contributed by atoms with Gasteiger partial charge in [-0.05, 0) is 48.1 Å². The molecule has 122 valence electrons. The molecule has 0 saturated carbocycles. The van der Waals surface area contributed by atoms with Crippen LogP contribution in [0.1, 0.15) is 17.5 Å². The summed E-state index contributed by atoms with van der Waals surface area (Å²) in [6.07, 6.45) is 5.16. The summed E-state index contributed by atoms with van der Waals surface area (Å²) in [5, 5.41) is 27.9. The number of hydrogen-bond donors (Lipinski definition) is 3. The van der Waals surface area contributed by atoms with Crippen molar-refractivity contribution < 1.29 is 24.9 Å². The van der Waals surface area contributed by atoms with E-state index >= 15 is 0 Å². The Morgan fingerprint density at radius 3 is 2.00 bits per heavy atom. The molecule has 5 nitrogen and oxygen atoms in total. The van der Waals surface area contributed by atoms with E-state index in [9.17, 15) is 19.8 Å². The largest absolute Gasteiger partial charge is 0.508 e. The van der Waals surface area contributed by atoms with E-state index < -0.39 is 5.78 Å². The molecule has 0 spiro atoms. The molecule has 0 amide bonds. The Hall–Kier alpha value is -3.34. The SMILES string of the molecule is O=C(/C=C/c1ccc(O)cc1)CC(=O)/C=C/c1ccc(O)cc1O. The second-order valence-electron chi connectivity index (χ2n) is 5.11. The lowest BCUT2D eigenvalue weighted by atomic mass is 10.1. The number of phenols is 3. The standard InChI is InChI=1S/C19H16O5/c20-15-6-1-13(2-7-15)3-8-16(21)11-17(22)9-4-14-5-10-18(23)12-19(14)24/h1-10,12,20,23-24H,11H2/b8-3+,9-4+. The van der Waals surface area contributed by atoms with Crippen LogP contribution >= 0.6 is 0 Å². The Bertz CT molecular complexity index is 801. The van der Waals surface area contributed by atoms with Crippen LogP contribution in [0.4, 0.5) is 0 Å². The summed E-state index contributed by atoms with van der Waals surface area (Å²) in [6, 6.07) is 10.3. The zero-order valence-corrected chi connectivity index (χ0v) is 12.7. The Kier molecular flexibility index (Phi) is 5.52. The Morgan fingerprint density at radius 1 is 0.792 bits per heavy atom. The van der Waals surface area contributed by atoms with Gasteiger partial charge in [0.15, 0.2) is 11.6 Å². The summed E-state index contributed by atoms with van der Waals surface area (Å²) in [5.74, 6) is -0.852. The van der Waals surface area contributed by atoms with E-state index in [2.05, 4.69) is 0 Å². The first-order valence-electron chi connectivity index (χ1n) is 7.17. The molecule has 0 aliphatic heterocycles. The number of hydrogen-bond acceptors (Lipinski definition) is 5. The van der Waals surface area contributed by atoms with E-state index in [1.54, 1.807) is 18.2 Å². The number of aromatic hydroxyl groups is 3. The van der Waals surface area contributed by atoms with Gasteiger partial charge in [-0.2, -0.15) is 0 Å². The normalized spacial score (nSPS) is 11.2. The molecule has 0 radical (unpaired) electrons. The van der Waals surface area contributed by atoms with Crippen molar-refractivity contribution in [3.05, 3.63) is 65.7 Å². The number of rotatable bonds is 6. The second-order valence-corrected chi connectivity index (χ2v) is 5.11. The molecule has 24 heavy (non-hydrogen) atoms. The van der Waals surface area contributed by atoms with Crippen molar-refractivity contribution >= 4 is 23.7 Å². The number of carbonyl (C=O) groups is 2. The fraction of sp³-hybridized carbons (Fsp3) is 0.0526. The fourth-order valence-electron chi connectivity index (χ4n) is 1.92. The molecule has 0 fully saturated rings. The summed E-state index contributed by atoms with van der Waals surface area (Å²) >= 11 is 0. The van der Waals surface area contributed by atoms with Crippen LogP contribution in [-0.2, 0) is 9.59 Å². The molecular weight excluding hydrogens is 308 g/mol. The van der Waals surface area contributed by atoms with Gasteiger partial charge in [-0.1, -0.05) is 18.2 Å².